The van der Waals surface area contributed by atoms with Gasteiger partial charge in [0.25, 0.3) is 0 Å². The quantitative estimate of drug-likeness (QED) is 0.829. The predicted molar refractivity (Wildman–Crippen MR) is 87.5 cm³/mol. The number of carbonyl (C=O) groups is 1. The SMILES string of the molecule is CC(NC(=O)CN1CCC2(CCNC2)C1)C1CC2CCC1C2. The molecule has 2 bridgehead atoms. The zero-order chi connectivity index (χ0) is 15.2. The van der Waals surface area contributed by atoms with E-state index in [0.29, 0.717) is 18.0 Å². The predicted octanol–water partition coefficient (Wildman–Crippen LogP) is 1.61. The number of carbonyl (C=O) groups excluding carboxylic acids is 1. The zero-order valence-corrected chi connectivity index (χ0v) is 13.9. The summed E-state index contributed by atoms with van der Waals surface area (Å²) in [5, 5.41) is 6.80. The summed E-state index contributed by atoms with van der Waals surface area (Å²) < 4.78 is 0. The molecular weight excluding hydrogens is 274 g/mol. The Kier molecular flexibility index (Phi) is 3.93. The van der Waals surface area contributed by atoms with Crippen molar-refractivity contribution in [1.29, 1.82) is 0 Å². The van der Waals surface area contributed by atoms with E-state index in [-0.39, 0.29) is 5.91 Å². The molecule has 2 heterocycles. The van der Waals surface area contributed by atoms with E-state index in [0.717, 1.165) is 43.9 Å². The maximum absolute atomic E-state index is 12.4. The number of rotatable bonds is 4. The Morgan fingerprint density at radius 1 is 1.36 bits per heavy atom. The van der Waals surface area contributed by atoms with Crippen LogP contribution in [0.15, 0.2) is 0 Å². The van der Waals surface area contributed by atoms with Gasteiger partial charge in [0, 0.05) is 19.1 Å². The van der Waals surface area contributed by atoms with Crippen LogP contribution in [0.4, 0.5) is 0 Å². The number of hydrogen-bond donors (Lipinski definition) is 2. The third-order valence-corrected chi connectivity index (χ3v) is 7.04. The van der Waals surface area contributed by atoms with Crippen molar-refractivity contribution in [1.82, 2.24) is 15.5 Å². The van der Waals surface area contributed by atoms with E-state index < -0.39 is 0 Å². The van der Waals surface area contributed by atoms with Gasteiger partial charge in [0.1, 0.15) is 0 Å². The van der Waals surface area contributed by atoms with Gasteiger partial charge in [0.15, 0.2) is 0 Å². The van der Waals surface area contributed by atoms with Crippen molar-refractivity contribution < 1.29 is 4.79 Å². The van der Waals surface area contributed by atoms with E-state index in [1.165, 1.54) is 38.5 Å². The van der Waals surface area contributed by atoms with Crippen LogP contribution in [0, 0.1) is 23.2 Å². The topological polar surface area (TPSA) is 44.4 Å². The number of amides is 1. The molecule has 2 saturated heterocycles. The Hall–Kier alpha value is -0.610. The van der Waals surface area contributed by atoms with E-state index >= 15 is 0 Å². The molecule has 4 nitrogen and oxygen atoms in total. The number of nitrogens with one attached hydrogen (secondary N) is 2. The summed E-state index contributed by atoms with van der Waals surface area (Å²) in [6.07, 6.45) is 8.15. The summed E-state index contributed by atoms with van der Waals surface area (Å²) >= 11 is 0. The molecule has 1 spiro atoms. The maximum Gasteiger partial charge on any atom is 0.234 e. The number of likely N-dealkylation sites (tertiary alicyclic amines) is 1. The van der Waals surface area contributed by atoms with Crippen molar-refractivity contribution in [2.75, 3.05) is 32.7 Å². The Balaban J connectivity index is 1.25. The lowest BCUT2D eigenvalue weighted by molar-refractivity contribution is -0.123. The number of nitrogens with zero attached hydrogens (tertiary/aromatic N) is 1. The highest BCUT2D eigenvalue weighted by Gasteiger charge is 2.43. The Morgan fingerprint density at radius 2 is 2.27 bits per heavy atom. The smallest absolute Gasteiger partial charge is 0.234 e. The van der Waals surface area contributed by atoms with Gasteiger partial charge >= 0.3 is 0 Å². The molecular formula is C18H31N3O. The second-order valence-corrected chi connectivity index (χ2v) is 8.58. The van der Waals surface area contributed by atoms with Gasteiger partial charge < -0.3 is 10.6 Å². The summed E-state index contributed by atoms with van der Waals surface area (Å²) in [6.45, 7) is 7.34. The molecule has 0 radical (unpaired) electrons. The minimum atomic E-state index is 0.248. The zero-order valence-electron chi connectivity index (χ0n) is 13.9. The molecule has 4 heteroatoms. The van der Waals surface area contributed by atoms with Crippen LogP contribution >= 0.6 is 0 Å². The van der Waals surface area contributed by atoms with Gasteiger partial charge in [-0.25, -0.2) is 0 Å². The van der Waals surface area contributed by atoms with Crippen LogP contribution in [-0.2, 0) is 4.79 Å². The molecule has 124 valence electrons. The van der Waals surface area contributed by atoms with Crippen LogP contribution in [0.1, 0.15) is 45.4 Å². The molecule has 0 aromatic heterocycles. The van der Waals surface area contributed by atoms with Crippen LogP contribution < -0.4 is 10.6 Å². The summed E-state index contributed by atoms with van der Waals surface area (Å²) in [6, 6.07) is 0.368. The van der Waals surface area contributed by atoms with Gasteiger partial charge in [-0.3, -0.25) is 9.69 Å². The van der Waals surface area contributed by atoms with Crippen molar-refractivity contribution in [2.24, 2.45) is 23.2 Å². The first-order valence-corrected chi connectivity index (χ1v) is 9.36. The molecule has 2 saturated carbocycles. The van der Waals surface area contributed by atoms with Crippen molar-refractivity contribution >= 4 is 5.91 Å². The van der Waals surface area contributed by atoms with Crippen molar-refractivity contribution in [3.8, 4) is 0 Å². The molecule has 2 aliphatic carbocycles. The number of fused-ring (bicyclic) bond motifs is 2. The third-order valence-electron chi connectivity index (χ3n) is 7.04. The Labute approximate surface area is 134 Å². The highest BCUT2D eigenvalue weighted by Crippen LogP contribution is 2.49. The van der Waals surface area contributed by atoms with Crippen LogP contribution in [-0.4, -0.2) is 49.6 Å². The first kappa shape index (κ1) is 14.9. The van der Waals surface area contributed by atoms with Crippen molar-refractivity contribution in [2.45, 2.75) is 51.5 Å². The molecule has 5 unspecified atom stereocenters. The van der Waals surface area contributed by atoms with E-state index in [4.69, 9.17) is 0 Å². The van der Waals surface area contributed by atoms with Gasteiger partial charge in [0.05, 0.1) is 6.54 Å². The normalized spacial score (nSPS) is 42.3. The molecule has 4 fully saturated rings. The molecule has 22 heavy (non-hydrogen) atoms. The van der Waals surface area contributed by atoms with E-state index in [2.05, 4.69) is 22.5 Å². The highest BCUT2D eigenvalue weighted by molar-refractivity contribution is 5.78. The lowest BCUT2D eigenvalue weighted by Gasteiger charge is -2.29. The Morgan fingerprint density at radius 3 is 2.95 bits per heavy atom. The first-order chi connectivity index (χ1) is 10.6. The molecule has 1 amide bonds. The fourth-order valence-electron chi connectivity index (χ4n) is 5.82. The van der Waals surface area contributed by atoms with Gasteiger partial charge in [0.2, 0.25) is 5.91 Å². The fourth-order valence-corrected chi connectivity index (χ4v) is 5.82. The van der Waals surface area contributed by atoms with Crippen LogP contribution in [0.5, 0.6) is 0 Å². The molecule has 5 atom stereocenters. The van der Waals surface area contributed by atoms with Crippen molar-refractivity contribution in [3.63, 3.8) is 0 Å². The second-order valence-electron chi connectivity index (χ2n) is 8.58. The summed E-state index contributed by atoms with van der Waals surface area (Å²) in [4.78, 5) is 14.8. The molecule has 0 aromatic rings. The van der Waals surface area contributed by atoms with Gasteiger partial charge in [-0.1, -0.05) is 6.42 Å². The van der Waals surface area contributed by atoms with Crippen LogP contribution in [0.2, 0.25) is 0 Å². The summed E-state index contributed by atoms with van der Waals surface area (Å²) in [7, 11) is 0. The average Bonchev–Trinajstić information content (AvgIpc) is 3.26. The van der Waals surface area contributed by atoms with E-state index in [9.17, 15) is 4.79 Å². The highest BCUT2D eigenvalue weighted by atomic mass is 16.2. The second kappa shape index (κ2) is 5.79. The van der Waals surface area contributed by atoms with E-state index in [1.807, 2.05) is 0 Å². The molecule has 4 rings (SSSR count). The van der Waals surface area contributed by atoms with E-state index in [1.54, 1.807) is 0 Å². The van der Waals surface area contributed by atoms with Crippen molar-refractivity contribution in [3.05, 3.63) is 0 Å². The van der Waals surface area contributed by atoms with Crippen LogP contribution in [0.3, 0.4) is 0 Å². The lowest BCUT2D eigenvalue weighted by Crippen LogP contribution is -2.45. The minimum absolute atomic E-state index is 0.248. The summed E-state index contributed by atoms with van der Waals surface area (Å²) in [5.41, 5.74) is 0.469. The molecule has 2 N–H and O–H groups in total. The first-order valence-electron chi connectivity index (χ1n) is 9.36. The minimum Gasteiger partial charge on any atom is -0.352 e. The molecule has 0 aromatic carbocycles. The fraction of sp³-hybridized carbons (Fsp3) is 0.944. The lowest BCUT2D eigenvalue weighted by atomic mass is 9.84. The standard InChI is InChI=1S/C18H31N3O/c1-13(16-9-14-2-3-15(16)8-14)20-17(22)10-21-7-5-18(12-21)4-6-19-11-18/h13-16,19H,2-12H2,1H3,(H,20,22). The molecule has 2 aliphatic heterocycles. The monoisotopic (exact) mass is 305 g/mol. The molecule has 4 aliphatic rings. The average molecular weight is 305 g/mol. The van der Waals surface area contributed by atoms with Crippen LogP contribution in [0.25, 0.3) is 0 Å². The van der Waals surface area contributed by atoms with Gasteiger partial charge in [-0.2, -0.15) is 0 Å². The third kappa shape index (κ3) is 2.80. The summed E-state index contributed by atoms with van der Waals surface area (Å²) in [5.74, 6) is 2.84. The Bertz CT molecular complexity index is 432. The van der Waals surface area contributed by atoms with Gasteiger partial charge in [-0.05, 0) is 75.3 Å². The largest absolute Gasteiger partial charge is 0.352 e. The maximum atomic E-state index is 12.4. The number of hydrogen-bond acceptors (Lipinski definition) is 3. The van der Waals surface area contributed by atoms with Gasteiger partial charge in [-0.15, -0.1) is 0 Å².